The predicted octanol–water partition coefficient (Wildman–Crippen LogP) is 1.45. The molecule has 128 valence electrons. The lowest BCUT2D eigenvalue weighted by molar-refractivity contribution is -0.123. The second-order valence-electron chi connectivity index (χ2n) is 6.73. The van der Waals surface area contributed by atoms with Crippen molar-refractivity contribution in [3.8, 4) is 5.75 Å². The van der Waals surface area contributed by atoms with Gasteiger partial charge in [0.05, 0.1) is 13.7 Å². The molecule has 0 spiro atoms. The lowest BCUT2D eigenvalue weighted by Crippen LogP contribution is -2.47. The van der Waals surface area contributed by atoms with Gasteiger partial charge in [0.15, 0.2) is 0 Å². The second kappa shape index (κ2) is 8.31. The van der Waals surface area contributed by atoms with E-state index in [1.165, 1.54) is 5.56 Å². The molecule has 1 atom stereocenters. The highest BCUT2D eigenvalue weighted by Gasteiger charge is 2.30. The summed E-state index contributed by atoms with van der Waals surface area (Å²) in [5, 5.41) is 12.4. The second-order valence-corrected chi connectivity index (χ2v) is 6.73. The standard InChI is InChI=1S/C18H28N2O3/c1-18(14-21)9-3-11-20(13-18)12-17(22)19-10-8-15-4-6-16(23-2)7-5-15/h4-7,21H,3,8-14H2,1-2H3,(H,19,22). The highest BCUT2D eigenvalue weighted by atomic mass is 16.5. The first-order valence-corrected chi connectivity index (χ1v) is 8.27. The topological polar surface area (TPSA) is 61.8 Å². The molecule has 1 unspecified atom stereocenters. The third kappa shape index (κ3) is 5.52. The monoisotopic (exact) mass is 320 g/mol. The molecule has 23 heavy (non-hydrogen) atoms. The van der Waals surface area contributed by atoms with E-state index in [1.54, 1.807) is 7.11 Å². The molecule has 0 saturated carbocycles. The first kappa shape index (κ1) is 17.8. The van der Waals surface area contributed by atoms with Gasteiger partial charge in [-0.3, -0.25) is 9.69 Å². The summed E-state index contributed by atoms with van der Waals surface area (Å²) in [6, 6.07) is 7.89. The zero-order valence-electron chi connectivity index (χ0n) is 14.2. The van der Waals surface area contributed by atoms with Gasteiger partial charge in [-0.1, -0.05) is 19.1 Å². The number of nitrogens with one attached hydrogen (secondary N) is 1. The highest BCUT2D eigenvalue weighted by Crippen LogP contribution is 2.28. The van der Waals surface area contributed by atoms with Gasteiger partial charge in [0, 0.05) is 25.1 Å². The molecule has 1 amide bonds. The van der Waals surface area contributed by atoms with E-state index in [1.807, 2.05) is 24.3 Å². The fraction of sp³-hybridized carbons (Fsp3) is 0.611. The number of piperidine rings is 1. The number of aliphatic hydroxyl groups excluding tert-OH is 1. The predicted molar refractivity (Wildman–Crippen MR) is 90.6 cm³/mol. The van der Waals surface area contributed by atoms with Gasteiger partial charge in [-0.2, -0.15) is 0 Å². The summed E-state index contributed by atoms with van der Waals surface area (Å²) >= 11 is 0. The van der Waals surface area contributed by atoms with E-state index in [0.717, 1.165) is 38.1 Å². The number of amides is 1. The van der Waals surface area contributed by atoms with E-state index in [0.29, 0.717) is 13.1 Å². The first-order valence-electron chi connectivity index (χ1n) is 8.27. The van der Waals surface area contributed by atoms with Crippen molar-refractivity contribution in [1.82, 2.24) is 10.2 Å². The normalized spacial score (nSPS) is 21.9. The van der Waals surface area contributed by atoms with Gasteiger partial charge < -0.3 is 15.2 Å². The van der Waals surface area contributed by atoms with Gasteiger partial charge in [0.1, 0.15) is 5.75 Å². The van der Waals surface area contributed by atoms with Crippen molar-refractivity contribution in [3.05, 3.63) is 29.8 Å². The molecule has 1 aliphatic heterocycles. The Kier molecular flexibility index (Phi) is 6.42. The Morgan fingerprint density at radius 2 is 2.13 bits per heavy atom. The minimum Gasteiger partial charge on any atom is -0.497 e. The number of likely N-dealkylation sites (tertiary alicyclic amines) is 1. The third-order valence-corrected chi connectivity index (χ3v) is 4.50. The maximum atomic E-state index is 12.1. The molecule has 2 N–H and O–H groups in total. The molecule has 0 aromatic heterocycles. The van der Waals surface area contributed by atoms with Crippen LogP contribution >= 0.6 is 0 Å². The van der Waals surface area contributed by atoms with Crippen molar-refractivity contribution in [2.75, 3.05) is 39.9 Å². The van der Waals surface area contributed by atoms with Gasteiger partial charge in [-0.05, 0) is 43.5 Å². The van der Waals surface area contributed by atoms with Crippen molar-refractivity contribution >= 4 is 5.91 Å². The number of benzene rings is 1. The molecular weight excluding hydrogens is 292 g/mol. The first-order chi connectivity index (χ1) is 11.0. The molecular formula is C18H28N2O3. The maximum Gasteiger partial charge on any atom is 0.234 e. The van der Waals surface area contributed by atoms with Crippen molar-refractivity contribution in [1.29, 1.82) is 0 Å². The maximum absolute atomic E-state index is 12.1. The third-order valence-electron chi connectivity index (χ3n) is 4.50. The van der Waals surface area contributed by atoms with Crippen molar-refractivity contribution < 1.29 is 14.6 Å². The molecule has 5 heteroatoms. The van der Waals surface area contributed by atoms with E-state index in [4.69, 9.17) is 4.74 Å². The van der Waals surface area contributed by atoms with Gasteiger partial charge >= 0.3 is 0 Å². The Morgan fingerprint density at radius 1 is 1.39 bits per heavy atom. The largest absolute Gasteiger partial charge is 0.497 e. The lowest BCUT2D eigenvalue weighted by Gasteiger charge is -2.38. The molecule has 1 aromatic rings. The number of ether oxygens (including phenoxy) is 1. The Balaban J connectivity index is 1.70. The van der Waals surface area contributed by atoms with Crippen LogP contribution in [0, 0.1) is 5.41 Å². The van der Waals surface area contributed by atoms with Crippen molar-refractivity contribution in [2.24, 2.45) is 5.41 Å². The van der Waals surface area contributed by atoms with E-state index in [2.05, 4.69) is 17.1 Å². The Morgan fingerprint density at radius 3 is 2.78 bits per heavy atom. The zero-order valence-corrected chi connectivity index (χ0v) is 14.2. The van der Waals surface area contributed by atoms with Gasteiger partial charge in [0.2, 0.25) is 5.91 Å². The van der Waals surface area contributed by atoms with Crippen LogP contribution in [0.3, 0.4) is 0 Å². The summed E-state index contributed by atoms with van der Waals surface area (Å²) in [5.41, 5.74) is 1.11. The number of hydrogen-bond acceptors (Lipinski definition) is 4. The molecule has 1 saturated heterocycles. The van der Waals surface area contributed by atoms with E-state index in [-0.39, 0.29) is 17.9 Å². The van der Waals surface area contributed by atoms with Crippen LogP contribution in [-0.4, -0.2) is 55.8 Å². The number of carbonyl (C=O) groups is 1. The zero-order chi connectivity index (χ0) is 16.7. The average Bonchev–Trinajstić information content (AvgIpc) is 2.55. The summed E-state index contributed by atoms with van der Waals surface area (Å²) in [7, 11) is 1.65. The quantitative estimate of drug-likeness (QED) is 0.798. The molecule has 1 heterocycles. The average molecular weight is 320 g/mol. The minimum atomic E-state index is -0.0678. The molecule has 0 radical (unpaired) electrons. The summed E-state index contributed by atoms with van der Waals surface area (Å²) < 4.78 is 5.13. The van der Waals surface area contributed by atoms with Crippen LogP contribution < -0.4 is 10.1 Å². The summed E-state index contributed by atoms with van der Waals surface area (Å²) in [6.45, 7) is 5.04. The van der Waals surface area contributed by atoms with Gasteiger partial charge in [-0.15, -0.1) is 0 Å². The number of aliphatic hydroxyl groups is 1. The van der Waals surface area contributed by atoms with Crippen LogP contribution in [0.2, 0.25) is 0 Å². The van der Waals surface area contributed by atoms with E-state index in [9.17, 15) is 9.90 Å². The fourth-order valence-electron chi connectivity index (χ4n) is 3.09. The Bertz CT molecular complexity index is 503. The smallest absolute Gasteiger partial charge is 0.234 e. The molecule has 1 aliphatic rings. The SMILES string of the molecule is COc1ccc(CCNC(=O)CN2CCCC(C)(CO)C2)cc1. The Hall–Kier alpha value is -1.59. The summed E-state index contributed by atoms with van der Waals surface area (Å²) in [6.07, 6.45) is 2.87. The minimum absolute atomic E-state index is 0.0562. The van der Waals surface area contributed by atoms with E-state index >= 15 is 0 Å². The van der Waals surface area contributed by atoms with Crippen LogP contribution in [-0.2, 0) is 11.2 Å². The van der Waals surface area contributed by atoms with E-state index < -0.39 is 0 Å². The number of methoxy groups -OCH3 is 1. The molecule has 0 aliphatic carbocycles. The number of carbonyl (C=O) groups excluding carboxylic acids is 1. The van der Waals surface area contributed by atoms with Crippen molar-refractivity contribution in [3.63, 3.8) is 0 Å². The lowest BCUT2D eigenvalue weighted by atomic mass is 9.83. The van der Waals surface area contributed by atoms with Crippen LogP contribution in [0.4, 0.5) is 0 Å². The van der Waals surface area contributed by atoms with Gasteiger partial charge in [-0.25, -0.2) is 0 Å². The molecule has 0 bridgehead atoms. The van der Waals surface area contributed by atoms with Gasteiger partial charge in [0.25, 0.3) is 0 Å². The number of rotatable bonds is 7. The van der Waals surface area contributed by atoms with Crippen LogP contribution in [0.15, 0.2) is 24.3 Å². The molecule has 1 fully saturated rings. The van der Waals surface area contributed by atoms with Crippen LogP contribution in [0.1, 0.15) is 25.3 Å². The number of nitrogens with zero attached hydrogens (tertiary/aromatic N) is 1. The molecule has 1 aromatic carbocycles. The fourth-order valence-corrected chi connectivity index (χ4v) is 3.09. The number of hydrogen-bond donors (Lipinski definition) is 2. The molecule has 5 nitrogen and oxygen atoms in total. The van der Waals surface area contributed by atoms with Crippen LogP contribution in [0.25, 0.3) is 0 Å². The highest BCUT2D eigenvalue weighted by molar-refractivity contribution is 5.78. The summed E-state index contributed by atoms with van der Waals surface area (Å²) in [5.74, 6) is 0.899. The summed E-state index contributed by atoms with van der Waals surface area (Å²) in [4.78, 5) is 14.2. The Labute approximate surface area is 138 Å². The van der Waals surface area contributed by atoms with Crippen molar-refractivity contribution in [2.45, 2.75) is 26.2 Å². The van der Waals surface area contributed by atoms with Crippen LogP contribution in [0.5, 0.6) is 5.75 Å². The molecule has 2 rings (SSSR count).